The average Bonchev–Trinajstić information content (AvgIpc) is 2.56. The van der Waals surface area contributed by atoms with Crippen LogP contribution in [-0.2, 0) is 4.74 Å². The fourth-order valence-electron chi connectivity index (χ4n) is 3.17. The predicted octanol–water partition coefficient (Wildman–Crippen LogP) is 3.99. The molecule has 1 aliphatic rings. The highest BCUT2D eigenvalue weighted by Gasteiger charge is 2.21. The minimum Gasteiger partial charge on any atom is -0.462 e. The zero-order valence-corrected chi connectivity index (χ0v) is 14.3. The number of fused-ring (bicyclic) bond motifs is 1. The van der Waals surface area contributed by atoms with Crippen LogP contribution >= 0.6 is 0 Å². The smallest absolute Gasteiger partial charge is 0.340 e. The van der Waals surface area contributed by atoms with Gasteiger partial charge in [-0.15, -0.1) is 0 Å². The number of allylic oxidation sites excluding steroid dienone is 4. The van der Waals surface area contributed by atoms with E-state index in [0.717, 1.165) is 24.1 Å². The standard InChI is InChI=1S/C20H21NO3/c1-4-24-20(23)18-14(3)21(15-8-6-5-7-9-15)19(22)16-11-10-13(2)12-17(16)18/h6,8-12H,4-5,7H2,1-3H3. The molecule has 0 fully saturated rings. The molecule has 0 radical (unpaired) electrons. The second-order valence-electron chi connectivity index (χ2n) is 5.98. The normalized spacial score (nSPS) is 13.9. The van der Waals surface area contributed by atoms with Crippen molar-refractivity contribution in [3.63, 3.8) is 0 Å². The number of hydrogen-bond donors (Lipinski definition) is 0. The number of hydrogen-bond acceptors (Lipinski definition) is 3. The van der Waals surface area contributed by atoms with Crippen molar-refractivity contribution in [3.8, 4) is 0 Å². The summed E-state index contributed by atoms with van der Waals surface area (Å²) in [6.45, 7) is 5.83. The van der Waals surface area contributed by atoms with E-state index in [-0.39, 0.29) is 11.5 Å². The molecule has 3 rings (SSSR count). The largest absolute Gasteiger partial charge is 0.462 e. The van der Waals surface area contributed by atoms with E-state index in [1.54, 1.807) is 24.5 Å². The third-order valence-corrected chi connectivity index (χ3v) is 4.29. The summed E-state index contributed by atoms with van der Waals surface area (Å²) in [5, 5.41) is 1.20. The Morgan fingerprint density at radius 1 is 1.21 bits per heavy atom. The number of rotatable bonds is 3. The van der Waals surface area contributed by atoms with Crippen molar-refractivity contribution in [2.24, 2.45) is 0 Å². The number of carbonyl (C=O) groups excluding carboxylic acids is 1. The summed E-state index contributed by atoms with van der Waals surface area (Å²) in [6.07, 6.45) is 7.87. The van der Waals surface area contributed by atoms with Gasteiger partial charge in [-0.05, 0) is 45.8 Å². The lowest BCUT2D eigenvalue weighted by molar-refractivity contribution is 0.0527. The second-order valence-corrected chi connectivity index (χ2v) is 5.98. The van der Waals surface area contributed by atoms with Crippen LogP contribution in [0.1, 0.15) is 41.4 Å². The lowest BCUT2D eigenvalue weighted by Crippen LogP contribution is -2.25. The van der Waals surface area contributed by atoms with Crippen LogP contribution in [0, 0.1) is 13.8 Å². The molecule has 1 aromatic heterocycles. The predicted molar refractivity (Wildman–Crippen MR) is 96.3 cm³/mol. The average molecular weight is 323 g/mol. The molecule has 0 saturated carbocycles. The third-order valence-electron chi connectivity index (χ3n) is 4.29. The Labute approximate surface area is 141 Å². The fourth-order valence-corrected chi connectivity index (χ4v) is 3.17. The van der Waals surface area contributed by atoms with Gasteiger partial charge < -0.3 is 4.74 Å². The number of esters is 1. The highest BCUT2D eigenvalue weighted by Crippen LogP contribution is 2.25. The Bertz CT molecular complexity index is 932. The monoisotopic (exact) mass is 323 g/mol. The Hall–Kier alpha value is -2.62. The van der Waals surface area contributed by atoms with Crippen LogP contribution in [0.4, 0.5) is 0 Å². The quantitative estimate of drug-likeness (QED) is 0.803. The number of benzene rings is 1. The summed E-state index contributed by atoms with van der Waals surface area (Å²) < 4.78 is 6.87. The summed E-state index contributed by atoms with van der Waals surface area (Å²) >= 11 is 0. The van der Waals surface area contributed by atoms with Crippen molar-refractivity contribution >= 4 is 22.4 Å². The van der Waals surface area contributed by atoms with Gasteiger partial charge in [0.05, 0.1) is 12.2 Å². The zero-order chi connectivity index (χ0) is 17.3. The molecule has 0 amide bonds. The second kappa shape index (κ2) is 6.48. The highest BCUT2D eigenvalue weighted by molar-refractivity contribution is 6.05. The van der Waals surface area contributed by atoms with Crippen molar-refractivity contribution < 1.29 is 9.53 Å². The van der Waals surface area contributed by atoms with E-state index in [4.69, 9.17) is 4.74 Å². The molecule has 0 saturated heterocycles. The Balaban J connectivity index is 2.40. The van der Waals surface area contributed by atoms with Gasteiger partial charge in [-0.25, -0.2) is 4.79 Å². The molecular weight excluding hydrogens is 302 g/mol. The molecule has 0 N–H and O–H groups in total. The van der Waals surface area contributed by atoms with Crippen molar-refractivity contribution in [2.75, 3.05) is 6.61 Å². The lowest BCUT2D eigenvalue weighted by atomic mass is 10.0. The molecule has 0 bridgehead atoms. The van der Waals surface area contributed by atoms with Gasteiger partial charge in [-0.2, -0.15) is 0 Å². The minimum absolute atomic E-state index is 0.103. The van der Waals surface area contributed by atoms with Crippen LogP contribution in [0.25, 0.3) is 16.5 Å². The van der Waals surface area contributed by atoms with Gasteiger partial charge in [0, 0.05) is 22.2 Å². The third kappa shape index (κ3) is 2.68. The molecule has 124 valence electrons. The minimum atomic E-state index is -0.389. The molecule has 1 aliphatic carbocycles. The Kier molecular flexibility index (Phi) is 4.38. The molecule has 24 heavy (non-hydrogen) atoms. The first-order chi connectivity index (χ1) is 11.5. The summed E-state index contributed by atoms with van der Waals surface area (Å²) in [7, 11) is 0. The molecule has 2 aromatic rings. The maximum Gasteiger partial charge on any atom is 0.340 e. The van der Waals surface area contributed by atoms with Crippen molar-refractivity contribution in [3.05, 3.63) is 63.6 Å². The van der Waals surface area contributed by atoms with Crippen LogP contribution < -0.4 is 5.56 Å². The van der Waals surface area contributed by atoms with Crippen molar-refractivity contribution in [1.29, 1.82) is 0 Å². The molecule has 4 nitrogen and oxygen atoms in total. The number of carbonyl (C=O) groups is 1. The number of ether oxygens (including phenoxy) is 1. The van der Waals surface area contributed by atoms with E-state index in [9.17, 15) is 9.59 Å². The number of aromatic nitrogens is 1. The zero-order valence-electron chi connectivity index (χ0n) is 14.3. The van der Waals surface area contributed by atoms with Crippen LogP contribution in [0.15, 0.2) is 41.2 Å². The number of pyridine rings is 1. The first-order valence-corrected chi connectivity index (χ1v) is 8.24. The number of nitrogens with zero attached hydrogens (tertiary/aromatic N) is 1. The molecule has 0 aliphatic heterocycles. The van der Waals surface area contributed by atoms with Crippen LogP contribution in [0.2, 0.25) is 0 Å². The van der Waals surface area contributed by atoms with Crippen LogP contribution in [0.3, 0.4) is 0 Å². The SMILES string of the molecule is CCOC(=O)c1c(C)n(C2=CCCC=C2)c(=O)c2ccc(C)cc12. The molecule has 4 heteroatoms. The van der Waals surface area contributed by atoms with Crippen LogP contribution in [0.5, 0.6) is 0 Å². The van der Waals surface area contributed by atoms with Gasteiger partial charge in [0.15, 0.2) is 0 Å². The van der Waals surface area contributed by atoms with Crippen LogP contribution in [-0.4, -0.2) is 17.1 Å². The topological polar surface area (TPSA) is 48.3 Å². The first-order valence-electron chi connectivity index (χ1n) is 8.24. The van der Waals surface area contributed by atoms with Gasteiger partial charge in [0.1, 0.15) is 0 Å². The van der Waals surface area contributed by atoms with E-state index in [0.29, 0.717) is 28.6 Å². The van der Waals surface area contributed by atoms with Gasteiger partial charge in [0.25, 0.3) is 5.56 Å². The summed E-state index contributed by atoms with van der Waals surface area (Å²) in [6, 6.07) is 5.56. The van der Waals surface area contributed by atoms with E-state index < -0.39 is 0 Å². The van der Waals surface area contributed by atoms with E-state index in [1.807, 2.05) is 37.3 Å². The summed E-state index contributed by atoms with van der Waals surface area (Å²) in [5.74, 6) is -0.389. The number of aryl methyl sites for hydroxylation is 1. The molecule has 1 aromatic carbocycles. The molecule has 0 spiro atoms. The molecule has 0 unspecified atom stereocenters. The molecular formula is C20H21NO3. The highest BCUT2D eigenvalue weighted by atomic mass is 16.5. The lowest BCUT2D eigenvalue weighted by Gasteiger charge is -2.18. The van der Waals surface area contributed by atoms with Gasteiger partial charge in [-0.3, -0.25) is 9.36 Å². The Morgan fingerprint density at radius 2 is 2.00 bits per heavy atom. The van der Waals surface area contributed by atoms with Gasteiger partial charge in [-0.1, -0.05) is 29.8 Å². The summed E-state index contributed by atoms with van der Waals surface area (Å²) in [4.78, 5) is 25.6. The maximum absolute atomic E-state index is 13.0. The van der Waals surface area contributed by atoms with Crippen molar-refractivity contribution in [2.45, 2.75) is 33.6 Å². The first kappa shape index (κ1) is 16.2. The van der Waals surface area contributed by atoms with Gasteiger partial charge in [0.2, 0.25) is 0 Å². The Morgan fingerprint density at radius 3 is 2.67 bits per heavy atom. The van der Waals surface area contributed by atoms with Gasteiger partial charge >= 0.3 is 5.97 Å². The molecule has 1 heterocycles. The maximum atomic E-state index is 13.0. The molecule has 0 atom stereocenters. The van der Waals surface area contributed by atoms with E-state index in [2.05, 4.69) is 0 Å². The van der Waals surface area contributed by atoms with Crippen molar-refractivity contribution in [1.82, 2.24) is 4.57 Å². The van der Waals surface area contributed by atoms with E-state index >= 15 is 0 Å². The van der Waals surface area contributed by atoms with E-state index in [1.165, 1.54) is 0 Å². The fraction of sp³-hybridized carbons (Fsp3) is 0.300. The summed E-state index contributed by atoms with van der Waals surface area (Å²) in [5.41, 5.74) is 2.80.